The fraction of sp³-hybridized carbons (Fsp3) is 0.316. The Morgan fingerprint density at radius 3 is 2.62 bits per heavy atom. The minimum Gasteiger partial charge on any atom is -0.497 e. The summed E-state index contributed by atoms with van der Waals surface area (Å²) in [6.07, 6.45) is 0.191. The predicted octanol–water partition coefficient (Wildman–Crippen LogP) is 3.84. The van der Waals surface area contributed by atoms with Gasteiger partial charge in [-0.1, -0.05) is 30.7 Å². The van der Waals surface area contributed by atoms with Crippen LogP contribution >= 0.6 is 11.6 Å². The van der Waals surface area contributed by atoms with Crippen LogP contribution in [-0.4, -0.2) is 26.7 Å². The maximum Gasteiger partial charge on any atom is 0.309 e. The van der Waals surface area contributed by atoms with Crippen LogP contribution in [0.2, 0.25) is 5.02 Å². The lowest BCUT2D eigenvalue weighted by Gasteiger charge is -2.14. The molecule has 0 aromatic heterocycles. The lowest BCUT2D eigenvalue weighted by atomic mass is 9.96. The Balaban J connectivity index is 2.47. The molecule has 0 fully saturated rings. The van der Waals surface area contributed by atoms with Crippen molar-refractivity contribution in [2.75, 3.05) is 20.8 Å². The number of esters is 1. The Bertz CT molecular complexity index is 716. The molecule has 0 atom stereocenters. The number of hydrogen-bond donors (Lipinski definition) is 1. The zero-order valence-corrected chi connectivity index (χ0v) is 14.9. The molecule has 2 aromatic carbocycles. The Kier molecular flexibility index (Phi) is 6.64. The lowest BCUT2D eigenvalue weighted by molar-refractivity contribution is -0.139. The summed E-state index contributed by atoms with van der Waals surface area (Å²) in [5.41, 5.74) is 3.95. The van der Waals surface area contributed by atoms with Crippen LogP contribution < -0.4 is 10.1 Å². The number of benzene rings is 2. The Morgan fingerprint density at radius 1 is 1.17 bits per heavy atom. The van der Waals surface area contributed by atoms with Crippen molar-refractivity contribution in [1.82, 2.24) is 5.32 Å². The van der Waals surface area contributed by atoms with Gasteiger partial charge in [-0.3, -0.25) is 4.79 Å². The van der Waals surface area contributed by atoms with Gasteiger partial charge in [0, 0.05) is 11.6 Å². The molecule has 0 aliphatic carbocycles. The van der Waals surface area contributed by atoms with Crippen molar-refractivity contribution in [1.29, 1.82) is 0 Å². The molecule has 128 valence electrons. The van der Waals surface area contributed by atoms with Crippen molar-refractivity contribution < 1.29 is 14.3 Å². The van der Waals surface area contributed by atoms with E-state index in [2.05, 4.69) is 12.2 Å². The average molecular weight is 348 g/mol. The molecule has 0 aliphatic rings. The first-order valence-corrected chi connectivity index (χ1v) is 8.19. The summed E-state index contributed by atoms with van der Waals surface area (Å²) in [7, 11) is 3.02. The predicted molar refractivity (Wildman–Crippen MR) is 96.5 cm³/mol. The van der Waals surface area contributed by atoms with Crippen LogP contribution in [0.3, 0.4) is 0 Å². The highest BCUT2D eigenvalue weighted by molar-refractivity contribution is 6.31. The molecule has 0 heterocycles. The molecule has 0 saturated heterocycles. The first kappa shape index (κ1) is 18.3. The molecule has 0 spiro atoms. The summed E-state index contributed by atoms with van der Waals surface area (Å²) in [5, 5.41) is 3.92. The molecule has 0 saturated carbocycles. The minimum atomic E-state index is -0.290. The molecule has 0 unspecified atom stereocenters. The average Bonchev–Trinajstić information content (AvgIpc) is 2.59. The second kappa shape index (κ2) is 8.71. The maximum atomic E-state index is 11.6. The van der Waals surface area contributed by atoms with Gasteiger partial charge in [0.25, 0.3) is 0 Å². The number of halogens is 1. The number of hydrogen-bond acceptors (Lipinski definition) is 4. The summed E-state index contributed by atoms with van der Waals surface area (Å²) in [6.45, 7) is 3.69. The molecule has 0 aliphatic heterocycles. The standard InChI is InChI=1S/C19H22ClNO3/c1-4-21-12-14-5-6-17(23-2)11-18(14)15-7-13(8-16(20)10-15)9-19(22)24-3/h5-8,10-11,21H,4,9,12H2,1-3H3. The number of ether oxygens (including phenoxy) is 2. The van der Waals surface area contributed by atoms with E-state index in [1.165, 1.54) is 7.11 Å². The maximum absolute atomic E-state index is 11.6. The van der Waals surface area contributed by atoms with Crippen molar-refractivity contribution in [3.63, 3.8) is 0 Å². The SMILES string of the molecule is CCNCc1ccc(OC)cc1-c1cc(Cl)cc(CC(=O)OC)c1. The van der Waals surface area contributed by atoms with Gasteiger partial charge in [-0.15, -0.1) is 0 Å². The zero-order chi connectivity index (χ0) is 17.5. The number of nitrogens with one attached hydrogen (secondary N) is 1. The molecule has 4 nitrogen and oxygen atoms in total. The van der Waals surface area contributed by atoms with E-state index in [4.69, 9.17) is 21.1 Å². The highest BCUT2D eigenvalue weighted by Crippen LogP contribution is 2.31. The fourth-order valence-corrected chi connectivity index (χ4v) is 2.77. The van der Waals surface area contributed by atoms with Crippen molar-refractivity contribution >= 4 is 17.6 Å². The molecule has 0 amide bonds. The number of carbonyl (C=O) groups excluding carboxylic acids is 1. The molecule has 2 rings (SSSR count). The monoisotopic (exact) mass is 347 g/mol. The molecule has 0 radical (unpaired) electrons. The highest BCUT2D eigenvalue weighted by Gasteiger charge is 2.11. The number of carbonyl (C=O) groups is 1. The summed E-state index contributed by atoms with van der Waals surface area (Å²) < 4.78 is 10.1. The number of methoxy groups -OCH3 is 2. The van der Waals surface area contributed by atoms with Gasteiger partial charge in [0.1, 0.15) is 5.75 Å². The third-order valence-corrected chi connectivity index (χ3v) is 3.95. The minimum absolute atomic E-state index is 0.191. The lowest BCUT2D eigenvalue weighted by Crippen LogP contribution is -2.12. The van der Waals surface area contributed by atoms with E-state index >= 15 is 0 Å². The van der Waals surface area contributed by atoms with Crippen LogP contribution in [-0.2, 0) is 22.5 Å². The zero-order valence-electron chi connectivity index (χ0n) is 14.2. The van der Waals surface area contributed by atoms with Crippen LogP contribution in [0.5, 0.6) is 5.75 Å². The molecule has 1 N–H and O–H groups in total. The molecule has 24 heavy (non-hydrogen) atoms. The summed E-state index contributed by atoms with van der Waals surface area (Å²) in [6, 6.07) is 11.6. The van der Waals surface area contributed by atoms with Crippen LogP contribution in [0.15, 0.2) is 36.4 Å². The molecular weight excluding hydrogens is 326 g/mol. The Morgan fingerprint density at radius 2 is 1.96 bits per heavy atom. The van der Waals surface area contributed by atoms with Gasteiger partial charge in [0.2, 0.25) is 0 Å². The highest BCUT2D eigenvalue weighted by atomic mass is 35.5. The van der Waals surface area contributed by atoms with Crippen molar-refractivity contribution in [3.8, 4) is 16.9 Å². The van der Waals surface area contributed by atoms with Crippen molar-refractivity contribution in [2.45, 2.75) is 19.9 Å². The normalized spacial score (nSPS) is 10.5. The largest absolute Gasteiger partial charge is 0.497 e. The van der Waals surface area contributed by atoms with Gasteiger partial charge in [0.05, 0.1) is 20.6 Å². The second-order valence-corrected chi connectivity index (χ2v) is 5.84. The van der Waals surface area contributed by atoms with Crippen LogP contribution in [0.25, 0.3) is 11.1 Å². The van der Waals surface area contributed by atoms with Gasteiger partial charge in [-0.25, -0.2) is 0 Å². The van der Waals surface area contributed by atoms with E-state index < -0.39 is 0 Å². The van der Waals surface area contributed by atoms with E-state index in [0.29, 0.717) is 5.02 Å². The first-order valence-electron chi connectivity index (χ1n) is 7.81. The number of rotatable bonds is 7. The van der Waals surface area contributed by atoms with Crippen LogP contribution in [0.1, 0.15) is 18.1 Å². The van der Waals surface area contributed by atoms with Gasteiger partial charge in [0.15, 0.2) is 0 Å². The Labute approximate surface area is 147 Å². The van der Waals surface area contributed by atoms with Crippen LogP contribution in [0.4, 0.5) is 0 Å². The smallest absolute Gasteiger partial charge is 0.309 e. The second-order valence-electron chi connectivity index (χ2n) is 5.40. The van der Waals surface area contributed by atoms with E-state index in [1.807, 2.05) is 30.3 Å². The van der Waals surface area contributed by atoms with Crippen molar-refractivity contribution in [3.05, 3.63) is 52.5 Å². The van der Waals surface area contributed by atoms with Gasteiger partial charge >= 0.3 is 5.97 Å². The third-order valence-electron chi connectivity index (χ3n) is 3.73. The quantitative estimate of drug-likeness (QED) is 0.773. The van der Waals surface area contributed by atoms with E-state index in [-0.39, 0.29) is 12.4 Å². The van der Waals surface area contributed by atoms with Crippen molar-refractivity contribution in [2.24, 2.45) is 0 Å². The topological polar surface area (TPSA) is 47.6 Å². The van der Waals surface area contributed by atoms with E-state index in [0.717, 1.165) is 41.1 Å². The summed E-state index contributed by atoms with van der Waals surface area (Å²) in [5.74, 6) is 0.487. The molecular formula is C19H22ClNO3. The van der Waals surface area contributed by atoms with Gasteiger partial charge < -0.3 is 14.8 Å². The third kappa shape index (κ3) is 4.73. The van der Waals surface area contributed by atoms with E-state index in [1.54, 1.807) is 13.2 Å². The molecule has 0 bridgehead atoms. The molecule has 5 heteroatoms. The van der Waals surface area contributed by atoms with E-state index in [9.17, 15) is 4.79 Å². The van der Waals surface area contributed by atoms with Gasteiger partial charge in [-0.05, 0) is 53.1 Å². The van der Waals surface area contributed by atoms with Gasteiger partial charge in [-0.2, -0.15) is 0 Å². The summed E-state index contributed by atoms with van der Waals surface area (Å²) >= 11 is 6.26. The van der Waals surface area contributed by atoms with Crippen LogP contribution in [0, 0.1) is 0 Å². The molecule has 2 aromatic rings. The summed E-state index contributed by atoms with van der Waals surface area (Å²) in [4.78, 5) is 11.6. The Hall–Kier alpha value is -2.04. The first-order chi connectivity index (χ1) is 11.6. The fourth-order valence-electron chi connectivity index (χ4n) is 2.51.